The van der Waals surface area contributed by atoms with E-state index < -0.39 is 0 Å². The SMILES string of the molecule is Cc1ncsc1C(=O)N1CCC[C@H](Cc2cnc3[nH]ccc3c2)C1. The summed E-state index contributed by atoms with van der Waals surface area (Å²) in [5.74, 6) is 0.632. The first kappa shape index (κ1) is 15.3. The fraction of sp³-hybridized carbons (Fsp3) is 0.389. The number of thiazole rings is 1. The lowest BCUT2D eigenvalue weighted by Crippen LogP contribution is -2.40. The number of carbonyl (C=O) groups excluding carboxylic acids is 1. The van der Waals surface area contributed by atoms with Gasteiger partial charge in [0.05, 0.1) is 11.2 Å². The smallest absolute Gasteiger partial charge is 0.265 e. The summed E-state index contributed by atoms with van der Waals surface area (Å²) in [6, 6.07) is 4.25. The van der Waals surface area contributed by atoms with Gasteiger partial charge >= 0.3 is 0 Å². The summed E-state index contributed by atoms with van der Waals surface area (Å²) in [4.78, 5) is 27.3. The fourth-order valence-corrected chi connectivity index (χ4v) is 4.27. The van der Waals surface area contributed by atoms with Crippen LogP contribution in [0.2, 0.25) is 0 Å². The normalized spacial score (nSPS) is 18.2. The Morgan fingerprint density at radius 2 is 2.38 bits per heavy atom. The second-order valence-electron chi connectivity index (χ2n) is 6.49. The quantitative estimate of drug-likeness (QED) is 0.794. The van der Waals surface area contributed by atoms with Crippen LogP contribution in [0.3, 0.4) is 0 Å². The number of pyridine rings is 1. The van der Waals surface area contributed by atoms with Crippen LogP contribution in [-0.4, -0.2) is 38.8 Å². The van der Waals surface area contributed by atoms with E-state index in [4.69, 9.17) is 0 Å². The van der Waals surface area contributed by atoms with Crippen LogP contribution in [0.25, 0.3) is 11.0 Å². The van der Waals surface area contributed by atoms with Crippen molar-refractivity contribution in [3.05, 3.63) is 46.2 Å². The average molecular weight is 340 g/mol. The van der Waals surface area contributed by atoms with Gasteiger partial charge in [-0.05, 0) is 49.8 Å². The van der Waals surface area contributed by atoms with Crippen molar-refractivity contribution in [2.24, 2.45) is 5.92 Å². The van der Waals surface area contributed by atoms with E-state index in [1.54, 1.807) is 5.51 Å². The van der Waals surface area contributed by atoms with E-state index in [0.717, 1.165) is 54.0 Å². The van der Waals surface area contributed by atoms with Crippen LogP contribution in [-0.2, 0) is 6.42 Å². The van der Waals surface area contributed by atoms with E-state index in [2.05, 4.69) is 27.1 Å². The molecule has 1 saturated heterocycles. The number of aryl methyl sites for hydroxylation is 1. The molecule has 1 N–H and O–H groups in total. The number of H-pyrrole nitrogens is 1. The number of nitrogens with zero attached hydrogens (tertiary/aromatic N) is 3. The first-order valence-corrected chi connectivity index (χ1v) is 9.20. The topological polar surface area (TPSA) is 61.9 Å². The van der Waals surface area contributed by atoms with Crippen molar-refractivity contribution in [1.82, 2.24) is 19.9 Å². The maximum atomic E-state index is 12.7. The first-order valence-electron chi connectivity index (χ1n) is 8.32. The number of piperidine rings is 1. The van der Waals surface area contributed by atoms with Crippen LogP contribution in [0.5, 0.6) is 0 Å². The third-order valence-electron chi connectivity index (χ3n) is 4.73. The van der Waals surface area contributed by atoms with Crippen molar-refractivity contribution in [2.75, 3.05) is 13.1 Å². The number of hydrogen-bond donors (Lipinski definition) is 1. The van der Waals surface area contributed by atoms with Gasteiger partial charge in [-0.1, -0.05) is 0 Å². The highest BCUT2D eigenvalue weighted by molar-refractivity contribution is 7.11. The number of amides is 1. The van der Waals surface area contributed by atoms with Crippen LogP contribution < -0.4 is 0 Å². The third-order valence-corrected chi connectivity index (χ3v) is 5.64. The Bertz CT molecular complexity index is 869. The average Bonchev–Trinajstić information content (AvgIpc) is 3.22. The molecular weight excluding hydrogens is 320 g/mol. The molecule has 0 bridgehead atoms. The van der Waals surface area contributed by atoms with Gasteiger partial charge in [0.1, 0.15) is 10.5 Å². The Labute approximate surface area is 144 Å². The first-order chi connectivity index (χ1) is 11.7. The van der Waals surface area contributed by atoms with E-state index in [-0.39, 0.29) is 5.91 Å². The van der Waals surface area contributed by atoms with Crippen molar-refractivity contribution in [2.45, 2.75) is 26.2 Å². The summed E-state index contributed by atoms with van der Waals surface area (Å²) in [6.45, 7) is 3.58. The summed E-state index contributed by atoms with van der Waals surface area (Å²) in [5.41, 5.74) is 4.77. The zero-order valence-electron chi connectivity index (χ0n) is 13.7. The second kappa shape index (κ2) is 6.36. The molecule has 3 aromatic heterocycles. The van der Waals surface area contributed by atoms with Gasteiger partial charge in [-0.3, -0.25) is 4.79 Å². The second-order valence-corrected chi connectivity index (χ2v) is 7.34. The monoisotopic (exact) mass is 340 g/mol. The molecule has 1 atom stereocenters. The fourth-order valence-electron chi connectivity index (χ4n) is 3.50. The lowest BCUT2D eigenvalue weighted by Gasteiger charge is -2.32. The van der Waals surface area contributed by atoms with Crippen molar-refractivity contribution in [3.63, 3.8) is 0 Å². The Hall–Kier alpha value is -2.21. The molecule has 0 aromatic carbocycles. The molecule has 4 rings (SSSR count). The van der Waals surface area contributed by atoms with Gasteiger partial charge in [-0.15, -0.1) is 11.3 Å². The standard InChI is InChI=1S/C18H20N4OS/c1-12-16(24-11-21-12)18(23)22-6-2-3-13(10-22)7-14-8-15-4-5-19-17(15)20-9-14/h4-5,8-9,11,13H,2-3,6-7,10H2,1H3,(H,19,20)/t13-/m1/s1. The van der Waals surface area contributed by atoms with E-state index in [1.807, 2.05) is 24.2 Å². The zero-order valence-corrected chi connectivity index (χ0v) is 14.5. The molecule has 3 aromatic rings. The number of aromatic nitrogens is 3. The van der Waals surface area contributed by atoms with Crippen molar-refractivity contribution in [1.29, 1.82) is 0 Å². The van der Waals surface area contributed by atoms with Crippen LogP contribution >= 0.6 is 11.3 Å². The van der Waals surface area contributed by atoms with Crippen LogP contribution in [0.1, 0.15) is 33.8 Å². The molecule has 0 unspecified atom stereocenters. The molecule has 1 aliphatic rings. The largest absolute Gasteiger partial charge is 0.346 e. The summed E-state index contributed by atoms with van der Waals surface area (Å²) in [6.07, 6.45) is 7.07. The van der Waals surface area contributed by atoms with Crippen molar-refractivity contribution in [3.8, 4) is 0 Å². The summed E-state index contributed by atoms with van der Waals surface area (Å²) < 4.78 is 0. The Balaban J connectivity index is 1.46. The minimum absolute atomic E-state index is 0.138. The minimum Gasteiger partial charge on any atom is -0.346 e. The highest BCUT2D eigenvalue weighted by atomic mass is 32.1. The molecule has 0 saturated carbocycles. The molecule has 6 heteroatoms. The lowest BCUT2D eigenvalue weighted by molar-refractivity contribution is 0.0677. The lowest BCUT2D eigenvalue weighted by atomic mass is 9.91. The van der Waals surface area contributed by atoms with E-state index in [0.29, 0.717) is 5.92 Å². The number of rotatable bonds is 3. The molecular formula is C18H20N4OS. The highest BCUT2D eigenvalue weighted by Gasteiger charge is 2.26. The number of fused-ring (bicyclic) bond motifs is 1. The van der Waals surface area contributed by atoms with Crippen LogP contribution in [0.4, 0.5) is 0 Å². The Morgan fingerprint density at radius 3 is 3.21 bits per heavy atom. The predicted molar refractivity (Wildman–Crippen MR) is 95.3 cm³/mol. The van der Waals surface area contributed by atoms with Crippen molar-refractivity contribution < 1.29 is 4.79 Å². The molecule has 0 radical (unpaired) electrons. The maximum absolute atomic E-state index is 12.7. The highest BCUT2D eigenvalue weighted by Crippen LogP contribution is 2.25. The molecule has 5 nitrogen and oxygen atoms in total. The van der Waals surface area contributed by atoms with Gasteiger partial charge in [0, 0.05) is 30.9 Å². The van der Waals surface area contributed by atoms with Gasteiger partial charge in [0.25, 0.3) is 5.91 Å². The predicted octanol–water partition coefficient (Wildman–Crippen LogP) is 3.42. The number of hydrogen-bond acceptors (Lipinski definition) is 4. The van der Waals surface area contributed by atoms with E-state index in [9.17, 15) is 4.79 Å². The molecule has 24 heavy (non-hydrogen) atoms. The van der Waals surface area contributed by atoms with Crippen LogP contribution in [0, 0.1) is 12.8 Å². The summed E-state index contributed by atoms with van der Waals surface area (Å²) >= 11 is 1.44. The van der Waals surface area contributed by atoms with E-state index >= 15 is 0 Å². The maximum Gasteiger partial charge on any atom is 0.265 e. The molecule has 1 fully saturated rings. The van der Waals surface area contributed by atoms with Gasteiger partial charge in [-0.25, -0.2) is 9.97 Å². The van der Waals surface area contributed by atoms with Gasteiger partial charge in [0.15, 0.2) is 0 Å². The minimum atomic E-state index is 0.138. The summed E-state index contributed by atoms with van der Waals surface area (Å²) in [7, 11) is 0. The third kappa shape index (κ3) is 2.94. The summed E-state index contributed by atoms with van der Waals surface area (Å²) in [5, 5.41) is 1.15. The molecule has 1 amide bonds. The molecule has 0 spiro atoms. The molecule has 0 aliphatic carbocycles. The van der Waals surface area contributed by atoms with Gasteiger partial charge in [0.2, 0.25) is 0 Å². The molecule has 4 heterocycles. The number of nitrogens with one attached hydrogen (secondary N) is 1. The number of likely N-dealkylation sites (tertiary alicyclic amines) is 1. The van der Waals surface area contributed by atoms with Gasteiger partial charge < -0.3 is 9.88 Å². The number of aromatic amines is 1. The van der Waals surface area contributed by atoms with Crippen LogP contribution in [0.15, 0.2) is 30.0 Å². The van der Waals surface area contributed by atoms with E-state index in [1.165, 1.54) is 16.9 Å². The van der Waals surface area contributed by atoms with Crippen molar-refractivity contribution >= 4 is 28.3 Å². The van der Waals surface area contributed by atoms with Gasteiger partial charge in [-0.2, -0.15) is 0 Å². The number of carbonyl (C=O) groups is 1. The molecule has 124 valence electrons. The molecule has 1 aliphatic heterocycles. The Morgan fingerprint density at radius 1 is 1.46 bits per heavy atom. The Kier molecular flexibility index (Phi) is 4.06. The zero-order chi connectivity index (χ0) is 16.5.